The summed E-state index contributed by atoms with van der Waals surface area (Å²) in [5.74, 6) is -0.0231. The van der Waals surface area contributed by atoms with E-state index in [1.165, 1.54) is 0 Å². The van der Waals surface area contributed by atoms with E-state index in [2.05, 4.69) is 35.1 Å². The van der Waals surface area contributed by atoms with Crippen LogP contribution in [0.25, 0.3) is 0 Å². The van der Waals surface area contributed by atoms with Crippen LogP contribution in [-0.4, -0.2) is 12.5 Å². The second-order valence-corrected chi connectivity index (χ2v) is 6.70. The molecule has 0 radical (unpaired) electrons. The zero-order chi connectivity index (χ0) is 14.5. The Balaban J connectivity index is 2.54. The summed E-state index contributed by atoms with van der Waals surface area (Å²) in [5, 5.41) is 3.37. The molecule has 0 aliphatic rings. The Morgan fingerprint density at radius 2 is 2.11 bits per heavy atom. The highest BCUT2D eigenvalue weighted by Gasteiger charge is 2.18. The van der Waals surface area contributed by atoms with Crippen LogP contribution in [-0.2, 0) is 4.79 Å². The maximum atomic E-state index is 11.9. The molecule has 0 heterocycles. The monoisotopic (exact) mass is 346 g/mol. The van der Waals surface area contributed by atoms with Crippen molar-refractivity contribution in [3.05, 3.63) is 27.7 Å². The Morgan fingerprint density at radius 3 is 2.74 bits per heavy atom. The third kappa shape index (κ3) is 5.93. The van der Waals surface area contributed by atoms with Crippen molar-refractivity contribution in [2.75, 3.05) is 11.9 Å². The number of benzene rings is 1. The summed E-state index contributed by atoms with van der Waals surface area (Å²) in [4.78, 5) is 11.9. The van der Waals surface area contributed by atoms with Crippen molar-refractivity contribution in [1.82, 2.24) is 0 Å². The summed E-state index contributed by atoms with van der Waals surface area (Å²) in [7, 11) is 0. The highest BCUT2D eigenvalue weighted by Crippen LogP contribution is 2.28. The quantitative estimate of drug-likeness (QED) is 0.810. The lowest BCUT2D eigenvalue weighted by molar-refractivity contribution is -0.116. The van der Waals surface area contributed by atoms with Gasteiger partial charge in [-0.1, -0.05) is 41.4 Å². The number of carbonyl (C=O) groups is 1. The maximum Gasteiger partial charge on any atom is 0.224 e. The van der Waals surface area contributed by atoms with E-state index in [1.54, 1.807) is 12.1 Å². The van der Waals surface area contributed by atoms with Crippen LogP contribution in [0, 0.1) is 5.41 Å². The molecule has 19 heavy (non-hydrogen) atoms. The van der Waals surface area contributed by atoms with Gasteiger partial charge in [0.05, 0.1) is 10.7 Å². The molecule has 0 unspecified atom stereocenters. The van der Waals surface area contributed by atoms with Gasteiger partial charge in [-0.3, -0.25) is 4.79 Å². The van der Waals surface area contributed by atoms with Gasteiger partial charge in [-0.2, -0.15) is 0 Å². The zero-order valence-corrected chi connectivity index (χ0v) is 13.6. The average molecular weight is 348 g/mol. The number of anilines is 1. The smallest absolute Gasteiger partial charge is 0.224 e. The first kappa shape index (κ1) is 16.5. The van der Waals surface area contributed by atoms with Gasteiger partial charge in [-0.25, -0.2) is 0 Å². The summed E-state index contributed by atoms with van der Waals surface area (Å²) >= 11 is 9.38. The summed E-state index contributed by atoms with van der Waals surface area (Å²) in [6, 6.07) is 5.38. The lowest BCUT2D eigenvalue weighted by Crippen LogP contribution is -2.20. The van der Waals surface area contributed by atoms with Crippen LogP contribution >= 0.6 is 27.5 Å². The largest absolute Gasteiger partial charge is 0.330 e. The minimum atomic E-state index is -0.0231. The van der Waals surface area contributed by atoms with E-state index >= 15 is 0 Å². The van der Waals surface area contributed by atoms with Gasteiger partial charge < -0.3 is 11.1 Å². The maximum absolute atomic E-state index is 11.9. The van der Waals surface area contributed by atoms with E-state index in [0.717, 1.165) is 17.3 Å². The van der Waals surface area contributed by atoms with Crippen LogP contribution in [0.5, 0.6) is 0 Å². The predicted molar refractivity (Wildman–Crippen MR) is 84.5 cm³/mol. The molecule has 0 spiro atoms. The standard InChI is InChI=1S/C14H20BrClN2O/c1-14(2,7-8-17)6-5-13(19)18-12-9-10(15)3-4-11(12)16/h3-4,9H,5-8,17H2,1-2H3,(H,18,19). The lowest BCUT2D eigenvalue weighted by Gasteiger charge is -2.23. The van der Waals surface area contributed by atoms with Gasteiger partial charge in [0.15, 0.2) is 0 Å². The van der Waals surface area contributed by atoms with Gasteiger partial charge >= 0.3 is 0 Å². The lowest BCUT2D eigenvalue weighted by atomic mass is 9.84. The van der Waals surface area contributed by atoms with E-state index in [-0.39, 0.29) is 11.3 Å². The first-order valence-corrected chi connectivity index (χ1v) is 7.46. The molecule has 1 rings (SSSR count). The van der Waals surface area contributed by atoms with Crippen molar-refractivity contribution in [3.63, 3.8) is 0 Å². The highest BCUT2D eigenvalue weighted by atomic mass is 79.9. The molecule has 106 valence electrons. The number of carbonyl (C=O) groups excluding carboxylic acids is 1. The number of halogens is 2. The number of nitrogens with two attached hydrogens (primary N) is 1. The summed E-state index contributed by atoms with van der Waals surface area (Å²) < 4.78 is 0.885. The van der Waals surface area contributed by atoms with Crippen molar-refractivity contribution < 1.29 is 4.79 Å². The molecule has 0 saturated heterocycles. The summed E-state index contributed by atoms with van der Waals surface area (Å²) in [6.45, 7) is 4.89. The van der Waals surface area contributed by atoms with Crippen LogP contribution in [0.4, 0.5) is 5.69 Å². The Kier molecular flexibility index (Phi) is 6.30. The fourth-order valence-corrected chi connectivity index (χ4v) is 2.30. The van der Waals surface area contributed by atoms with Crippen LogP contribution in [0.15, 0.2) is 22.7 Å². The topological polar surface area (TPSA) is 55.1 Å². The Morgan fingerprint density at radius 1 is 1.42 bits per heavy atom. The minimum Gasteiger partial charge on any atom is -0.330 e. The molecule has 1 amide bonds. The van der Waals surface area contributed by atoms with E-state index in [0.29, 0.717) is 23.7 Å². The van der Waals surface area contributed by atoms with E-state index in [9.17, 15) is 4.79 Å². The van der Waals surface area contributed by atoms with E-state index < -0.39 is 0 Å². The van der Waals surface area contributed by atoms with Gasteiger partial charge in [-0.05, 0) is 43.0 Å². The minimum absolute atomic E-state index is 0.0231. The number of hydrogen-bond acceptors (Lipinski definition) is 2. The molecular formula is C14H20BrClN2O. The zero-order valence-electron chi connectivity index (χ0n) is 11.3. The molecule has 0 fully saturated rings. The number of amides is 1. The van der Waals surface area contributed by atoms with Gasteiger partial charge in [0.1, 0.15) is 0 Å². The molecule has 3 nitrogen and oxygen atoms in total. The van der Waals surface area contributed by atoms with Gasteiger partial charge in [0.2, 0.25) is 5.91 Å². The van der Waals surface area contributed by atoms with E-state index in [1.807, 2.05) is 6.07 Å². The molecular weight excluding hydrogens is 328 g/mol. The fourth-order valence-electron chi connectivity index (χ4n) is 1.77. The van der Waals surface area contributed by atoms with E-state index in [4.69, 9.17) is 17.3 Å². The molecule has 1 aromatic rings. The van der Waals surface area contributed by atoms with Gasteiger partial charge in [0, 0.05) is 10.9 Å². The number of hydrogen-bond donors (Lipinski definition) is 2. The third-order valence-corrected chi connectivity index (χ3v) is 3.88. The summed E-state index contributed by atoms with van der Waals surface area (Å²) in [5.41, 5.74) is 6.29. The normalized spacial score (nSPS) is 11.4. The highest BCUT2D eigenvalue weighted by molar-refractivity contribution is 9.10. The molecule has 0 aromatic heterocycles. The van der Waals surface area contributed by atoms with Crippen LogP contribution in [0.3, 0.4) is 0 Å². The second-order valence-electron chi connectivity index (χ2n) is 5.38. The Bertz CT molecular complexity index is 449. The predicted octanol–water partition coefficient (Wildman–Crippen LogP) is 4.20. The van der Waals surface area contributed by atoms with Crippen molar-refractivity contribution in [1.29, 1.82) is 0 Å². The molecule has 0 bridgehead atoms. The third-order valence-electron chi connectivity index (χ3n) is 3.05. The Labute approximate surface area is 128 Å². The van der Waals surface area contributed by atoms with Crippen LogP contribution < -0.4 is 11.1 Å². The van der Waals surface area contributed by atoms with Crippen molar-refractivity contribution in [2.24, 2.45) is 11.1 Å². The van der Waals surface area contributed by atoms with Crippen molar-refractivity contribution in [2.45, 2.75) is 33.1 Å². The second kappa shape index (κ2) is 7.27. The number of nitrogens with one attached hydrogen (secondary N) is 1. The fraction of sp³-hybridized carbons (Fsp3) is 0.500. The average Bonchev–Trinajstić information content (AvgIpc) is 2.31. The SMILES string of the molecule is CC(C)(CCN)CCC(=O)Nc1cc(Br)ccc1Cl. The first-order chi connectivity index (χ1) is 8.84. The molecule has 1 aromatic carbocycles. The molecule has 0 atom stereocenters. The molecule has 0 aliphatic carbocycles. The van der Waals surface area contributed by atoms with Crippen LogP contribution in [0.1, 0.15) is 33.1 Å². The molecule has 0 aliphatic heterocycles. The first-order valence-electron chi connectivity index (χ1n) is 6.29. The summed E-state index contributed by atoms with van der Waals surface area (Å²) in [6.07, 6.45) is 2.19. The van der Waals surface area contributed by atoms with Gasteiger partial charge in [0.25, 0.3) is 0 Å². The van der Waals surface area contributed by atoms with Crippen molar-refractivity contribution in [3.8, 4) is 0 Å². The van der Waals surface area contributed by atoms with Crippen molar-refractivity contribution >= 4 is 39.1 Å². The van der Waals surface area contributed by atoms with Crippen LogP contribution in [0.2, 0.25) is 5.02 Å². The number of rotatable bonds is 6. The van der Waals surface area contributed by atoms with Gasteiger partial charge in [-0.15, -0.1) is 0 Å². The molecule has 0 saturated carbocycles. The molecule has 3 N–H and O–H groups in total. The molecule has 5 heteroatoms. The Hall–Kier alpha value is -0.580.